The molecule has 0 bridgehead atoms. The van der Waals surface area contributed by atoms with Gasteiger partial charge in [0.05, 0.1) is 0 Å². The lowest BCUT2D eigenvalue weighted by Crippen LogP contribution is -1.95. The molecule has 2 N–H and O–H groups in total. The summed E-state index contributed by atoms with van der Waals surface area (Å²) >= 11 is 2.08. The van der Waals surface area contributed by atoms with Gasteiger partial charge in [-0.15, -0.1) is 0 Å². The first-order chi connectivity index (χ1) is 5.43. The molecule has 0 amide bonds. The van der Waals surface area contributed by atoms with Gasteiger partial charge in [-0.3, -0.25) is 0 Å². The van der Waals surface area contributed by atoms with Gasteiger partial charge in [-0.2, -0.15) is 11.8 Å². The van der Waals surface area contributed by atoms with E-state index in [1.807, 2.05) is 6.08 Å². The molecule has 0 aromatic heterocycles. The van der Waals surface area contributed by atoms with Crippen molar-refractivity contribution in [2.24, 2.45) is 5.73 Å². The molecular weight excluding hydrogens is 154 g/mol. The molecular formula is C9H17NS. The van der Waals surface area contributed by atoms with E-state index >= 15 is 0 Å². The van der Waals surface area contributed by atoms with Gasteiger partial charge in [0.2, 0.25) is 0 Å². The van der Waals surface area contributed by atoms with Crippen LogP contribution in [0.15, 0.2) is 12.2 Å². The summed E-state index contributed by atoms with van der Waals surface area (Å²) in [6, 6.07) is 0. The maximum absolute atomic E-state index is 5.33. The van der Waals surface area contributed by atoms with Gasteiger partial charge in [-0.05, 0) is 12.8 Å². The molecule has 0 aromatic carbocycles. The third kappa shape index (κ3) is 3.82. The lowest BCUT2D eigenvalue weighted by atomic mass is 10.4. The Morgan fingerprint density at radius 1 is 1.27 bits per heavy atom. The normalized spacial score (nSPS) is 20.1. The van der Waals surface area contributed by atoms with Crippen LogP contribution in [0.5, 0.6) is 0 Å². The average Bonchev–Trinajstić information content (AvgIpc) is 2.50. The fourth-order valence-electron chi connectivity index (χ4n) is 1.41. The van der Waals surface area contributed by atoms with Crippen molar-refractivity contribution >= 4 is 11.8 Å². The first kappa shape index (κ1) is 9.14. The summed E-state index contributed by atoms with van der Waals surface area (Å²) in [5.74, 6) is 1.15. The van der Waals surface area contributed by atoms with Crippen molar-refractivity contribution in [3.63, 3.8) is 0 Å². The monoisotopic (exact) mass is 171 g/mol. The van der Waals surface area contributed by atoms with Crippen LogP contribution in [-0.4, -0.2) is 17.5 Å². The fourth-order valence-corrected chi connectivity index (χ4v) is 2.60. The largest absolute Gasteiger partial charge is 0.327 e. The Labute approximate surface area is 73.4 Å². The quantitative estimate of drug-likeness (QED) is 0.656. The summed E-state index contributed by atoms with van der Waals surface area (Å²) in [6.45, 7) is 0.686. The average molecular weight is 171 g/mol. The van der Waals surface area contributed by atoms with Crippen LogP contribution in [0, 0.1) is 0 Å². The zero-order chi connectivity index (χ0) is 7.94. The predicted molar refractivity (Wildman–Crippen MR) is 52.9 cm³/mol. The molecule has 0 unspecified atom stereocenters. The Morgan fingerprint density at radius 2 is 2.00 bits per heavy atom. The van der Waals surface area contributed by atoms with Gasteiger partial charge in [0.15, 0.2) is 0 Å². The van der Waals surface area contributed by atoms with Crippen LogP contribution >= 0.6 is 11.8 Å². The Hall–Kier alpha value is 0.0500. The third-order valence-corrected chi connectivity index (χ3v) is 3.36. The zero-order valence-corrected chi connectivity index (χ0v) is 7.78. The van der Waals surface area contributed by atoms with Gasteiger partial charge in [0, 0.05) is 17.5 Å². The van der Waals surface area contributed by atoms with Crippen LogP contribution < -0.4 is 5.73 Å². The van der Waals surface area contributed by atoms with E-state index in [4.69, 9.17) is 5.73 Å². The van der Waals surface area contributed by atoms with Gasteiger partial charge < -0.3 is 5.73 Å². The Morgan fingerprint density at radius 3 is 2.64 bits per heavy atom. The molecule has 1 saturated carbocycles. The number of hydrogen-bond acceptors (Lipinski definition) is 2. The first-order valence-corrected chi connectivity index (χ1v) is 5.45. The Balaban J connectivity index is 1.97. The van der Waals surface area contributed by atoms with Crippen LogP contribution in [0.4, 0.5) is 0 Å². The SMILES string of the molecule is NCC=CCSC1CCCC1. The highest BCUT2D eigenvalue weighted by molar-refractivity contribution is 8.00. The molecule has 1 fully saturated rings. The molecule has 0 aliphatic heterocycles. The highest BCUT2D eigenvalue weighted by atomic mass is 32.2. The molecule has 1 aliphatic rings. The van der Waals surface area contributed by atoms with Crippen molar-refractivity contribution in [2.45, 2.75) is 30.9 Å². The summed E-state index contributed by atoms with van der Waals surface area (Å²) in [7, 11) is 0. The first-order valence-electron chi connectivity index (χ1n) is 4.40. The minimum Gasteiger partial charge on any atom is -0.327 e. The number of thioether (sulfide) groups is 1. The summed E-state index contributed by atoms with van der Waals surface area (Å²) < 4.78 is 0. The molecule has 1 nitrogen and oxygen atoms in total. The van der Waals surface area contributed by atoms with Gasteiger partial charge in [-0.25, -0.2) is 0 Å². The van der Waals surface area contributed by atoms with Crippen LogP contribution in [0.1, 0.15) is 25.7 Å². The second kappa shape index (κ2) is 5.67. The van der Waals surface area contributed by atoms with Crippen molar-refractivity contribution in [1.82, 2.24) is 0 Å². The summed E-state index contributed by atoms with van der Waals surface area (Å²) in [5, 5.41) is 0.942. The summed E-state index contributed by atoms with van der Waals surface area (Å²) in [5.41, 5.74) is 5.33. The minimum atomic E-state index is 0.686. The molecule has 0 heterocycles. The van der Waals surface area contributed by atoms with E-state index in [1.165, 1.54) is 25.7 Å². The lowest BCUT2D eigenvalue weighted by molar-refractivity contribution is 0.886. The van der Waals surface area contributed by atoms with Crippen LogP contribution in [0.2, 0.25) is 0 Å². The van der Waals surface area contributed by atoms with Crippen molar-refractivity contribution < 1.29 is 0 Å². The smallest absolute Gasteiger partial charge is 0.0116 e. The van der Waals surface area contributed by atoms with Gasteiger partial charge in [-0.1, -0.05) is 25.0 Å². The van der Waals surface area contributed by atoms with Crippen LogP contribution in [0.25, 0.3) is 0 Å². The molecule has 1 rings (SSSR count). The highest BCUT2D eigenvalue weighted by Crippen LogP contribution is 2.29. The number of nitrogens with two attached hydrogens (primary N) is 1. The van der Waals surface area contributed by atoms with Gasteiger partial charge in [0.25, 0.3) is 0 Å². The van der Waals surface area contributed by atoms with Crippen molar-refractivity contribution in [3.8, 4) is 0 Å². The molecule has 0 spiro atoms. The lowest BCUT2D eigenvalue weighted by Gasteiger charge is -2.04. The second-order valence-corrected chi connectivity index (χ2v) is 4.28. The Kier molecular flexibility index (Phi) is 4.71. The maximum atomic E-state index is 5.33. The molecule has 0 radical (unpaired) electrons. The van der Waals surface area contributed by atoms with Crippen LogP contribution in [-0.2, 0) is 0 Å². The number of rotatable bonds is 4. The third-order valence-electron chi connectivity index (χ3n) is 2.03. The molecule has 11 heavy (non-hydrogen) atoms. The van der Waals surface area contributed by atoms with Gasteiger partial charge in [0.1, 0.15) is 0 Å². The van der Waals surface area contributed by atoms with Gasteiger partial charge >= 0.3 is 0 Å². The second-order valence-electron chi connectivity index (χ2n) is 2.95. The van der Waals surface area contributed by atoms with E-state index < -0.39 is 0 Å². The zero-order valence-electron chi connectivity index (χ0n) is 6.96. The van der Waals surface area contributed by atoms with Crippen molar-refractivity contribution in [1.29, 1.82) is 0 Å². The summed E-state index contributed by atoms with van der Waals surface area (Å²) in [4.78, 5) is 0. The molecule has 1 aliphatic carbocycles. The maximum Gasteiger partial charge on any atom is 0.0116 e. The van der Waals surface area contributed by atoms with E-state index in [-0.39, 0.29) is 0 Å². The topological polar surface area (TPSA) is 26.0 Å². The highest BCUT2D eigenvalue weighted by Gasteiger charge is 2.13. The van der Waals surface area contributed by atoms with E-state index in [9.17, 15) is 0 Å². The summed E-state index contributed by atoms with van der Waals surface area (Å²) in [6.07, 6.45) is 9.98. The molecule has 64 valence electrons. The van der Waals surface area contributed by atoms with E-state index in [2.05, 4.69) is 17.8 Å². The standard InChI is InChI=1S/C9H17NS/c10-7-3-4-8-11-9-5-1-2-6-9/h3-4,9H,1-2,5-8,10H2. The molecule has 0 aromatic rings. The van der Waals surface area contributed by atoms with Crippen molar-refractivity contribution in [2.75, 3.05) is 12.3 Å². The Bertz CT molecular complexity index is 117. The van der Waals surface area contributed by atoms with E-state index in [0.717, 1.165) is 11.0 Å². The van der Waals surface area contributed by atoms with E-state index in [0.29, 0.717) is 6.54 Å². The number of hydrogen-bond donors (Lipinski definition) is 1. The van der Waals surface area contributed by atoms with Crippen LogP contribution in [0.3, 0.4) is 0 Å². The molecule has 0 saturated heterocycles. The van der Waals surface area contributed by atoms with E-state index in [1.54, 1.807) is 0 Å². The molecule has 0 atom stereocenters. The fraction of sp³-hybridized carbons (Fsp3) is 0.778. The predicted octanol–water partition coefficient (Wildman–Crippen LogP) is 2.18. The molecule has 2 heteroatoms. The van der Waals surface area contributed by atoms with Crippen molar-refractivity contribution in [3.05, 3.63) is 12.2 Å². The minimum absolute atomic E-state index is 0.686.